The Kier molecular flexibility index (Phi) is 7.36. The van der Waals surface area contributed by atoms with Crippen molar-refractivity contribution in [3.8, 4) is 0 Å². The van der Waals surface area contributed by atoms with Crippen LogP contribution in [0.15, 0.2) is 46.4 Å². The van der Waals surface area contributed by atoms with Gasteiger partial charge in [-0.1, -0.05) is 5.16 Å². The topological polar surface area (TPSA) is 133 Å². The fourth-order valence-electron chi connectivity index (χ4n) is 3.05. The maximum atomic E-state index is 12.5. The first-order chi connectivity index (χ1) is 14.5. The number of carbonyl (C=O) groups excluding carboxylic acids is 1. The Morgan fingerprint density at radius 2 is 1.97 bits per heavy atom. The van der Waals surface area contributed by atoms with Gasteiger partial charge in [-0.15, -0.1) is 0 Å². The zero-order chi connectivity index (χ0) is 21.4. The van der Waals surface area contributed by atoms with Gasteiger partial charge in [0.1, 0.15) is 12.0 Å². The average molecular weight is 436 g/mol. The van der Waals surface area contributed by atoms with E-state index in [0.717, 1.165) is 0 Å². The number of nitrogens with zero attached hydrogens (tertiary/aromatic N) is 5. The minimum atomic E-state index is -3.45. The Bertz CT molecular complexity index is 940. The summed E-state index contributed by atoms with van der Waals surface area (Å²) in [6.45, 7) is 2.65. The van der Waals surface area contributed by atoms with Crippen molar-refractivity contribution in [1.82, 2.24) is 30.0 Å². The number of carbonyl (C=O) groups is 1. The third kappa shape index (κ3) is 5.76. The van der Waals surface area contributed by atoms with E-state index >= 15 is 0 Å². The largest absolute Gasteiger partial charge is 0.364 e. The van der Waals surface area contributed by atoms with Gasteiger partial charge in [-0.2, -0.15) is 4.31 Å². The maximum absolute atomic E-state index is 12.5. The summed E-state index contributed by atoms with van der Waals surface area (Å²) in [5.41, 5.74) is 0.896. The van der Waals surface area contributed by atoms with Crippen LogP contribution in [0.5, 0.6) is 0 Å². The lowest BCUT2D eigenvalue weighted by Gasteiger charge is -2.35. The molecule has 1 fully saturated rings. The summed E-state index contributed by atoms with van der Waals surface area (Å²) >= 11 is 0. The molecule has 2 N–H and O–H groups in total. The summed E-state index contributed by atoms with van der Waals surface area (Å²) in [6, 6.07) is 4.96. The smallest absolute Gasteiger partial charge is 0.252 e. The van der Waals surface area contributed by atoms with Crippen molar-refractivity contribution in [3.63, 3.8) is 0 Å². The normalized spacial score (nSPS) is 15.8. The monoisotopic (exact) mass is 435 g/mol. The highest BCUT2D eigenvalue weighted by Crippen LogP contribution is 2.12. The fourth-order valence-corrected chi connectivity index (χ4v) is 4.47. The summed E-state index contributed by atoms with van der Waals surface area (Å²) < 4.78 is 31.2. The number of guanidine groups is 1. The van der Waals surface area contributed by atoms with Crippen LogP contribution in [-0.4, -0.2) is 85.9 Å². The van der Waals surface area contributed by atoms with Gasteiger partial charge in [0.15, 0.2) is 5.96 Å². The van der Waals surface area contributed by atoms with E-state index in [1.807, 2.05) is 4.90 Å². The van der Waals surface area contributed by atoms with Gasteiger partial charge in [0, 0.05) is 64.8 Å². The highest BCUT2D eigenvalue weighted by Gasteiger charge is 2.28. The number of piperazine rings is 1. The van der Waals surface area contributed by atoms with E-state index < -0.39 is 10.0 Å². The standard InChI is InChI=1S/C18H25N7O4S/c1-19-18(22-7-6-21-17(26)15-3-2-5-20-13-15)24-8-10-25(11-9-24)30(27,28)14-16-4-12-29-23-16/h2-5,12-13H,6-11,14H2,1H3,(H,19,22)(H,21,26). The summed E-state index contributed by atoms with van der Waals surface area (Å²) in [7, 11) is -1.78. The average Bonchev–Trinajstić information content (AvgIpc) is 3.27. The summed E-state index contributed by atoms with van der Waals surface area (Å²) in [5, 5.41) is 9.68. The molecule has 11 nitrogen and oxygen atoms in total. The molecule has 0 atom stereocenters. The lowest BCUT2D eigenvalue weighted by Crippen LogP contribution is -2.54. The molecule has 1 aliphatic rings. The molecule has 2 aromatic heterocycles. The number of hydrogen-bond donors (Lipinski definition) is 2. The van der Waals surface area contributed by atoms with Gasteiger partial charge in [-0.3, -0.25) is 14.8 Å². The zero-order valence-corrected chi connectivity index (χ0v) is 17.5. The molecule has 162 valence electrons. The van der Waals surface area contributed by atoms with Gasteiger partial charge in [0.25, 0.3) is 5.91 Å². The van der Waals surface area contributed by atoms with Gasteiger partial charge in [0.2, 0.25) is 10.0 Å². The van der Waals surface area contributed by atoms with Crippen LogP contribution in [0.1, 0.15) is 16.1 Å². The lowest BCUT2D eigenvalue weighted by molar-refractivity contribution is 0.0954. The number of pyridine rings is 1. The summed E-state index contributed by atoms with van der Waals surface area (Å²) in [6.07, 6.45) is 4.48. The molecule has 3 heterocycles. The van der Waals surface area contributed by atoms with Crippen LogP contribution in [0, 0.1) is 0 Å². The second-order valence-corrected chi connectivity index (χ2v) is 8.57. The predicted octanol–water partition coefficient (Wildman–Crippen LogP) is -0.478. The number of nitrogens with one attached hydrogen (secondary N) is 2. The summed E-state index contributed by atoms with van der Waals surface area (Å²) in [5.74, 6) is 0.303. The van der Waals surface area contributed by atoms with Crippen molar-refractivity contribution in [3.05, 3.63) is 48.1 Å². The van der Waals surface area contributed by atoms with Crippen molar-refractivity contribution >= 4 is 21.9 Å². The first-order valence-electron chi connectivity index (χ1n) is 9.50. The van der Waals surface area contributed by atoms with Crippen LogP contribution in [0.4, 0.5) is 0 Å². The number of amides is 1. The van der Waals surface area contributed by atoms with E-state index in [4.69, 9.17) is 4.52 Å². The Morgan fingerprint density at radius 3 is 2.60 bits per heavy atom. The molecular formula is C18H25N7O4S. The number of rotatable bonds is 7. The first-order valence-corrected chi connectivity index (χ1v) is 11.1. The van der Waals surface area contributed by atoms with Gasteiger partial charge < -0.3 is 20.1 Å². The number of sulfonamides is 1. The van der Waals surface area contributed by atoms with E-state index in [0.29, 0.717) is 56.5 Å². The predicted molar refractivity (Wildman–Crippen MR) is 110 cm³/mol. The summed E-state index contributed by atoms with van der Waals surface area (Å²) in [4.78, 5) is 22.2. The van der Waals surface area contributed by atoms with Crippen LogP contribution < -0.4 is 10.6 Å². The molecule has 0 unspecified atom stereocenters. The Balaban J connectivity index is 1.42. The first kappa shape index (κ1) is 21.7. The van der Waals surface area contributed by atoms with E-state index in [1.54, 1.807) is 31.4 Å². The molecule has 0 bridgehead atoms. The van der Waals surface area contributed by atoms with Gasteiger partial charge in [0.05, 0.1) is 11.3 Å². The highest BCUT2D eigenvalue weighted by atomic mass is 32.2. The van der Waals surface area contributed by atoms with Gasteiger partial charge >= 0.3 is 0 Å². The molecule has 30 heavy (non-hydrogen) atoms. The highest BCUT2D eigenvalue weighted by molar-refractivity contribution is 7.88. The number of aliphatic imine (C=N–C) groups is 1. The van der Waals surface area contributed by atoms with Gasteiger partial charge in [-0.25, -0.2) is 8.42 Å². The second kappa shape index (κ2) is 10.2. The third-order valence-electron chi connectivity index (χ3n) is 4.58. The van der Waals surface area contributed by atoms with Crippen molar-refractivity contribution < 1.29 is 17.7 Å². The van der Waals surface area contributed by atoms with E-state index in [9.17, 15) is 13.2 Å². The van der Waals surface area contributed by atoms with Crippen LogP contribution in [0.3, 0.4) is 0 Å². The Morgan fingerprint density at radius 1 is 1.20 bits per heavy atom. The fraction of sp³-hybridized carbons (Fsp3) is 0.444. The SMILES string of the molecule is CN=C(NCCNC(=O)c1cccnc1)N1CCN(S(=O)(=O)Cc2ccon2)CC1. The molecule has 2 aromatic rings. The van der Waals surface area contributed by atoms with E-state index in [2.05, 4.69) is 25.8 Å². The molecule has 3 rings (SSSR count). The molecule has 0 radical (unpaired) electrons. The minimum Gasteiger partial charge on any atom is -0.364 e. The Hall–Kier alpha value is -2.99. The quantitative estimate of drug-likeness (QED) is 0.339. The zero-order valence-electron chi connectivity index (χ0n) is 16.7. The molecule has 0 saturated carbocycles. The molecule has 12 heteroatoms. The van der Waals surface area contributed by atoms with Crippen molar-refractivity contribution in [1.29, 1.82) is 0 Å². The van der Waals surface area contributed by atoms with E-state index in [1.165, 1.54) is 16.8 Å². The van der Waals surface area contributed by atoms with Crippen molar-refractivity contribution in [2.75, 3.05) is 46.3 Å². The number of hydrogen-bond acceptors (Lipinski definition) is 7. The Labute approximate surface area is 175 Å². The van der Waals surface area contributed by atoms with Crippen LogP contribution in [0.25, 0.3) is 0 Å². The lowest BCUT2D eigenvalue weighted by atomic mass is 10.3. The van der Waals surface area contributed by atoms with Crippen molar-refractivity contribution in [2.24, 2.45) is 4.99 Å². The second-order valence-electron chi connectivity index (χ2n) is 6.60. The maximum Gasteiger partial charge on any atom is 0.252 e. The van der Waals surface area contributed by atoms with E-state index in [-0.39, 0.29) is 11.7 Å². The molecular weight excluding hydrogens is 410 g/mol. The molecule has 0 spiro atoms. The molecule has 0 aliphatic carbocycles. The third-order valence-corrected chi connectivity index (χ3v) is 6.39. The number of aromatic nitrogens is 2. The van der Waals surface area contributed by atoms with Crippen LogP contribution in [0.2, 0.25) is 0 Å². The molecule has 1 saturated heterocycles. The molecule has 1 amide bonds. The van der Waals surface area contributed by atoms with Crippen molar-refractivity contribution in [2.45, 2.75) is 5.75 Å². The molecule has 0 aromatic carbocycles. The van der Waals surface area contributed by atoms with Crippen LogP contribution >= 0.6 is 0 Å². The minimum absolute atomic E-state index is 0.174. The molecule has 1 aliphatic heterocycles. The van der Waals surface area contributed by atoms with Gasteiger partial charge in [-0.05, 0) is 12.1 Å². The van der Waals surface area contributed by atoms with Crippen LogP contribution in [-0.2, 0) is 15.8 Å².